The van der Waals surface area contributed by atoms with E-state index in [1.165, 1.54) is 60.0 Å². The van der Waals surface area contributed by atoms with Crippen LogP contribution in [0.3, 0.4) is 0 Å². The van der Waals surface area contributed by atoms with E-state index in [2.05, 4.69) is 78.0 Å². The molecule has 0 saturated carbocycles. The van der Waals surface area contributed by atoms with Crippen molar-refractivity contribution in [2.24, 2.45) is 0 Å². The van der Waals surface area contributed by atoms with Crippen LogP contribution in [0.2, 0.25) is 0 Å². The molecule has 170 valence electrons. The van der Waals surface area contributed by atoms with Crippen molar-refractivity contribution in [1.29, 1.82) is 0 Å². The summed E-state index contributed by atoms with van der Waals surface area (Å²) in [5.74, 6) is 0.0328. The topological polar surface area (TPSA) is 37.3 Å². The molecule has 0 spiro atoms. The molecular formula is C28H37N3O. The molecule has 1 N–H and O–H groups in total. The van der Waals surface area contributed by atoms with E-state index >= 15 is 0 Å². The van der Waals surface area contributed by atoms with Crippen molar-refractivity contribution in [3.63, 3.8) is 0 Å². The summed E-state index contributed by atoms with van der Waals surface area (Å²) in [7, 11) is 0. The Balaban J connectivity index is 1.40. The normalized spacial score (nSPS) is 17.0. The molecule has 0 bridgehead atoms. The van der Waals surface area contributed by atoms with Crippen LogP contribution < -0.4 is 5.32 Å². The number of fused-ring (bicyclic) bond motifs is 1. The Hall–Kier alpha value is -2.59. The fraction of sp³-hybridized carbons (Fsp3) is 0.464. The van der Waals surface area contributed by atoms with Crippen molar-refractivity contribution in [1.82, 2.24) is 14.8 Å². The van der Waals surface area contributed by atoms with Gasteiger partial charge in [-0.2, -0.15) is 0 Å². The van der Waals surface area contributed by atoms with Crippen LogP contribution in [0.1, 0.15) is 66.2 Å². The average Bonchev–Trinajstić information content (AvgIpc) is 3.07. The SMILES string of the molecule is CC[C@@H]1CCCCN1CCCNC(=O)c1ccc2c(c1)c(C)c(C)n2Cc1ccccc1. The van der Waals surface area contributed by atoms with Crippen LogP contribution in [0.25, 0.3) is 10.9 Å². The zero-order chi connectivity index (χ0) is 22.5. The predicted molar refractivity (Wildman–Crippen MR) is 133 cm³/mol. The number of benzene rings is 2. The number of aromatic nitrogens is 1. The summed E-state index contributed by atoms with van der Waals surface area (Å²) < 4.78 is 2.35. The average molecular weight is 432 g/mol. The summed E-state index contributed by atoms with van der Waals surface area (Å²) in [6.07, 6.45) is 6.24. The second-order valence-electron chi connectivity index (χ2n) is 9.22. The van der Waals surface area contributed by atoms with Gasteiger partial charge >= 0.3 is 0 Å². The summed E-state index contributed by atoms with van der Waals surface area (Å²) in [6, 6.07) is 17.4. The number of piperidine rings is 1. The number of hydrogen-bond donors (Lipinski definition) is 1. The van der Waals surface area contributed by atoms with Crippen LogP contribution in [-0.2, 0) is 6.54 Å². The van der Waals surface area contributed by atoms with Crippen molar-refractivity contribution in [2.45, 2.75) is 65.5 Å². The second-order valence-corrected chi connectivity index (χ2v) is 9.22. The zero-order valence-corrected chi connectivity index (χ0v) is 19.9. The first-order valence-corrected chi connectivity index (χ1v) is 12.2. The van der Waals surface area contributed by atoms with E-state index in [9.17, 15) is 4.79 Å². The molecule has 4 heteroatoms. The molecular weight excluding hydrogens is 394 g/mol. The van der Waals surface area contributed by atoms with Gasteiger partial charge in [0.1, 0.15) is 0 Å². The van der Waals surface area contributed by atoms with Gasteiger partial charge in [0.05, 0.1) is 0 Å². The van der Waals surface area contributed by atoms with Gasteiger partial charge in [-0.3, -0.25) is 4.79 Å². The number of likely N-dealkylation sites (tertiary alicyclic amines) is 1. The number of nitrogens with zero attached hydrogens (tertiary/aromatic N) is 2. The van der Waals surface area contributed by atoms with Gasteiger partial charge in [-0.25, -0.2) is 0 Å². The largest absolute Gasteiger partial charge is 0.352 e. The number of carbonyl (C=O) groups is 1. The fourth-order valence-electron chi connectivity index (χ4n) is 5.16. The van der Waals surface area contributed by atoms with Crippen molar-refractivity contribution in [2.75, 3.05) is 19.6 Å². The summed E-state index contributed by atoms with van der Waals surface area (Å²) >= 11 is 0. The minimum atomic E-state index is 0.0328. The van der Waals surface area contributed by atoms with Crippen LogP contribution in [0.15, 0.2) is 48.5 Å². The van der Waals surface area contributed by atoms with Crippen LogP contribution in [0, 0.1) is 13.8 Å². The lowest BCUT2D eigenvalue weighted by Crippen LogP contribution is -2.40. The van der Waals surface area contributed by atoms with Crippen LogP contribution in [-0.4, -0.2) is 41.1 Å². The maximum Gasteiger partial charge on any atom is 0.251 e. The molecule has 4 rings (SSSR count). The van der Waals surface area contributed by atoms with Gasteiger partial charge in [0, 0.05) is 47.8 Å². The lowest BCUT2D eigenvalue weighted by molar-refractivity contribution is 0.0947. The Labute approximate surface area is 192 Å². The Morgan fingerprint density at radius 3 is 2.69 bits per heavy atom. The van der Waals surface area contributed by atoms with E-state index in [-0.39, 0.29) is 5.91 Å². The first kappa shape index (κ1) is 22.6. The van der Waals surface area contributed by atoms with E-state index in [0.717, 1.165) is 37.7 Å². The summed E-state index contributed by atoms with van der Waals surface area (Å²) in [6.45, 7) is 10.5. The summed E-state index contributed by atoms with van der Waals surface area (Å²) in [4.78, 5) is 15.4. The van der Waals surface area contributed by atoms with Crippen LogP contribution in [0.5, 0.6) is 0 Å². The maximum atomic E-state index is 12.8. The highest BCUT2D eigenvalue weighted by molar-refractivity contribution is 5.99. The minimum Gasteiger partial charge on any atom is -0.352 e. The van der Waals surface area contributed by atoms with Gasteiger partial charge in [-0.15, -0.1) is 0 Å². The third-order valence-corrected chi connectivity index (χ3v) is 7.21. The maximum absolute atomic E-state index is 12.8. The number of nitrogens with one attached hydrogen (secondary N) is 1. The third-order valence-electron chi connectivity index (χ3n) is 7.21. The highest BCUT2D eigenvalue weighted by Crippen LogP contribution is 2.27. The van der Waals surface area contributed by atoms with Gasteiger partial charge < -0.3 is 14.8 Å². The smallest absolute Gasteiger partial charge is 0.251 e. The molecule has 0 radical (unpaired) electrons. The zero-order valence-electron chi connectivity index (χ0n) is 19.9. The summed E-state index contributed by atoms with van der Waals surface area (Å²) in [5, 5.41) is 4.32. The quantitative estimate of drug-likeness (QED) is 0.465. The Morgan fingerprint density at radius 1 is 1.09 bits per heavy atom. The van der Waals surface area contributed by atoms with Crippen molar-refractivity contribution < 1.29 is 4.79 Å². The number of carbonyl (C=O) groups excluding carboxylic acids is 1. The molecule has 1 fully saturated rings. The molecule has 0 unspecified atom stereocenters. The lowest BCUT2D eigenvalue weighted by atomic mass is 10.00. The van der Waals surface area contributed by atoms with Gasteiger partial charge in [-0.1, -0.05) is 43.7 Å². The van der Waals surface area contributed by atoms with E-state index in [1.54, 1.807) is 0 Å². The molecule has 4 nitrogen and oxygen atoms in total. The number of rotatable bonds is 8. The van der Waals surface area contributed by atoms with Crippen molar-refractivity contribution in [3.05, 3.63) is 70.9 Å². The number of amides is 1. The van der Waals surface area contributed by atoms with Crippen molar-refractivity contribution >= 4 is 16.8 Å². The standard InChI is InChI=1S/C28H37N3O/c1-4-25-13-8-9-17-30(25)18-10-16-29-28(32)24-14-15-27-26(19-24)21(2)22(3)31(27)20-23-11-6-5-7-12-23/h5-7,11-12,14-15,19,25H,4,8-10,13,16-18,20H2,1-3H3,(H,29,32)/t25-/m1/s1. The minimum absolute atomic E-state index is 0.0328. The second kappa shape index (κ2) is 10.4. The third kappa shape index (κ3) is 4.91. The van der Waals surface area contributed by atoms with Gasteiger partial charge in [0.25, 0.3) is 5.91 Å². The van der Waals surface area contributed by atoms with Crippen molar-refractivity contribution in [3.8, 4) is 0 Å². The number of hydrogen-bond acceptors (Lipinski definition) is 2. The van der Waals surface area contributed by atoms with E-state index < -0.39 is 0 Å². The monoisotopic (exact) mass is 431 g/mol. The van der Waals surface area contributed by atoms with E-state index in [0.29, 0.717) is 0 Å². The van der Waals surface area contributed by atoms with Gasteiger partial charge in [-0.05, 0) is 75.4 Å². The Bertz CT molecular complexity index is 1050. The molecule has 1 amide bonds. The van der Waals surface area contributed by atoms with Gasteiger partial charge in [0.2, 0.25) is 0 Å². The molecule has 2 aromatic carbocycles. The molecule has 1 atom stereocenters. The fourth-order valence-corrected chi connectivity index (χ4v) is 5.16. The Morgan fingerprint density at radius 2 is 1.91 bits per heavy atom. The summed E-state index contributed by atoms with van der Waals surface area (Å²) in [5.41, 5.74) is 5.74. The first-order chi connectivity index (χ1) is 15.6. The molecule has 2 heterocycles. The molecule has 1 aromatic heterocycles. The molecule has 1 aliphatic heterocycles. The van der Waals surface area contributed by atoms with Crippen LogP contribution in [0.4, 0.5) is 0 Å². The molecule has 1 saturated heterocycles. The predicted octanol–water partition coefficient (Wildman–Crippen LogP) is 5.69. The van der Waals surface area contributed by atoms with Crippen LogP contribution >= 0.6 is 0 Å². The van der Waals surface area contributed by atoms with E-state index in [4.69, 9.17) is 0 Å². The first-order valence-electron chi connectivity index (χ1n) is 12.2. The molecule has 1 aliphatic rings. The molecule has 3 aromatic rings. The Kier molecular flexibility index (Phi) is 7.31. The number of aryl methyl sites for hydroxylation is 1. The highest BCUT2D eigenvalue weighted by Gasteiger charge is 2.20. The van der Waals surface area contributed by atoms with E-state index in [1.807, 2.05) is 6.07 Å². The molecule has 32 heavy (non-hydrogen) atoms. The van der Waals surface area contributed by atoms with Gasteiger partial charge in [0.15, 0.2) is 0 Å². The highest BCUT2D eigenvalue weighted by atomic mass is 16.1. The molecule has 0 aliphatic carbocycles. The lowest BCUT2D eigenvalue weighted by Gasteiger charge is -2.35.